The number of amidine groups is 1. The maximum Gasteiger partial charge on any atom is 0.400 e. The molecule has 6 nitrogen and oxygen atoms in total. The number of carbonyl (C=O) groups is 1. The Kier molecular flexibility index (Phi) is 6.46. The molecule has 0 spiro atoms. The zero-order valence-corrected chi connectivity index (χ0v) is 17.3. The Labute approximate surface area is 177 Å². The number of hydrogen-bond acceptors (Lipinski definition) is 5. The first kappa shape index (κ1) is 20.8. The summed E-state index contributed by atoms with van der Waals surface area (Å²) in [5.74, 6) is 0.368. The number of ether oxygens (including phenoxy) is 1. The highest BCUT2D eigenvalue weighted by molar-refractivity contribution is 6.36. The number of hydrogen-bond donors (Lipinski definition) is 1. The quantitative estimate of drug-likeness (QED) is 0.248. The smallest absolute Gasteiger partial charge is 0.400 e. The van der Waals surface area contributed by atoms with Crippen molar-refractivity contribution in [1.29, 1.82) is 0 Å². The molecular formula is C21H18Cl2N2O4. The first-order valence-electron chi connectivity index (χ1n) is 8.63. The number of rotatable bonds is 6. The summed E-state index contributed by atoms with van der Waals surface area (Å²) >= 11 is 11.9. The minimum atomic E-state index is -0.795. The lowest BCUT2D eigenvalue weighted by atomic mass is 10.1. The van der Waals surface area contributed by atoms with Crippen LogP contribution >= 0.6 is 23.2 Å². The molecule has 0 aliphatic carbocycles. The number of benzene rings is 2. The number of nitrogens with zero attached hydrogens (tertiary/aromatic N) is 1. The molecule has 3 rings (SSSR count). The molecule has 0 atom stereocenters. The van der Waals surface area contributed by atoms with E-state index in [4.69, 9.17) is 42.9 Å². The lowest BCUT2D eigenvalue weighted by molar-refractivity contribution is 0.0475. The molecule has 1 heterocycles. The molecule has 0 saturated heterocycles. The molecule has 3 aromatic rings. The third kappa shape index (κ3) is 5.10. The Morgan fingerprint density at radius 3 is 2.52 bits per heavy atom. The van der Waals surface area contributed by atoms with Crippen LogP contribution in [0.4, 0.5) is 0 Å². The van der Waals surface area contributed by atoms with Gasteiger partial charge in [0.25, 0.3) is 0 Å². The largest absolute Gasteiger partial charge is 0.485 e. The van der Waals surface area contributed by atoms with Gasteiger partial charge in [0.2, 0.25) is 5.76 Å². The van der Waals surface area contributed by atoms with Crippen molar-refractivity contribution in [2.24, 2.45) is 10.9 Å². The van der Waals surface area contributed by atoms with Gasteiger partial charge in [-0.3, -0.25) is 0 Å². The van der Waals surface area contributed by atoms with Gasteiger partial charge in [0.1, 0.15) is 18.1 Å². The third-order valence-corrected chi connectivity index (χ3v) is 4.61. The van der Waals surface area contributed by atoms with Crippen LogP contribution < -0.4 is 10.5 Å². The van der Waals surface area contributed by atoms with Gasteiger partial charge >= 0.3 is 5.97 Å². The van der Waals surface area contributed by atoms with E-state index in [1.54, 1.807) is 18.2 Å². The summed E-state index contributed by atoms with van der Waals surface area (Å²) in [6.07, 6.45) is 0. The molecule has 150 valence electrons. The molecule has 0 radical (unpaired) electrons. The SMILES string of the molecule is Cc1cccc(C)c1OCc1ccc(C(=O)O/N=C(\N)c2ccc(Cl)cc2Cl)o1. The standard InChI is InChI=1S/C21H18Cl2N2O4/c1-12-4-3-5-13(2)19(12)27-11-15-7-9-18(28-15)21(26)29-25-20(24)16-8-6-14(22)10-17(16)23/h3-10H,11H2,1-2H3,(H2,24,25). The van der Waals surface area contributed by atoms with Crippen LogP contribution in [0.2, 0.25) is 10.0 Å². The molecule has 29 heavy (non-hydrogen) atoms. The Morgan fingerprint density at radius 1 is 1.10 bits per heavy atom. The Hall–Kier alpha value is -2.96. The first-order valence-corrected chi connectivity index (χ1v) is 9.38. The number of nitrogens with two attached hydrogens (primary N) is 1. The van der Waals surface area contributed by atoms with Crippen molar-refractivity contribution in [2.75, 3.05) is 0 Å². The lowest BCUT2D eigenvalue weighted by Gasteiger charge is -2.10. The van der Waals surface area contributed by atoms with Gasteiger partial charge in [0.05, 0.1) is 5.02 Å². The van der Waals surface area contributed by atoms with E-state index in [1.165, 1.54) is 12.1 Å². The highest BCUT2D eigenvalue weighted by atomic mass is 35.5. The van der Waals surface area contributed by atoms with Crippen LogP contribution in [0.5, 0.6) is 5.75 Å². The van der Waals surface area contributed by atoms with Gasteiger partial charge in [-0.1, -0.05) is 46.6 Å². The van der Waals surface area contributed by atoms with Crippen molar-refractivity contribution in [3.8, 4) is 5.75 Å². The molecule has 0 bridgehead atoms. The fraction of sp³-hybridized carbons (Fsp3) is 0.143. The average Bonchev–Trinajstić information content (AvgIpc) is 3.14. The number of para-hydroxylation sites is 1. The van der Waals surface area contributed by atoms with Gasteiger partial charge in [-0.05, 0) is 55.3 Å². The van der Waals surface area contributed by atoms with E-state index in [0.717, 1.165) is 16.9 Å². The minimum Gasteiger partial charge on any atom is -0.485 e. The lowest BCUT2D eigenvalue weighted by Crippen LogP contribution is -2.15. The highest BCUT2D eigenvalue weighted by Crippen LogP contribution is 2.24. The monoisotopic (exact) mass is 432 g/mol. The summed E-state index contributed by atoms with van der Waals surface area (Å²) in [4.78, 5) is 17.0. The fourth-order valence-corrected chi connectivity index (χ4v) is 3.12. The summed E-state index contributed by atoms with van der Waals surface area (Å²) in [5, 5.41) is 4.36. The van der Waals surface area contributed by atoms with E-state index in [9.17, 15) is 4.79 Å². The molecule has 2 N–H and O–H groups in total. The van der Waals surface area contributed by atoms with Crippen molar-refractivity contribution in [3.63, 3.8) is 0 Å². The number of aryl methyl sites for hydroxylation is 2. The Bertz CT molecular complexity index is 1060. The van der Waals surface area contributed by atoms with Crippen LogP contribution in [0.1, 0.15) is 33.0 Å². The van der Waals surface area contributed by atoms with Crippen LogP contribution in [-0.4, -0.2) is 11.8 Å². The second kappa shape index (κ2) is 9.03. The van der Waals surface area contributed by atoms with E-state index in [1.807, 2.05) is 32.0 Å². The zero-order valence-electron chi connectivity index (χ0n) is 15.7. The Morgan fingerprint density at radius 2 is 1.83 bits per heavy atom. The second-order valence-corrected chi connectivity index (χ2v) is 7.10. The minimum absolute atomic E-state index is 0.0242. The first-order chi connectivity index (χ1) is 13.8. The zero-order chi connectivity index (χ0) is 21.0. The van der Waals surface area contributed by atoms with Crippen LogP contribution in [0.15, 0.2) is 58.1 Å². The normalized spacial score (nSPS) is 11.4. The summed E-state index contributed by atoms with van der Waals surface area (Å²) in [6.45, 7) is 4.09. The van der Waals surface area contributed by atoms with Gasteiger partial charge in [0, 0.05) is 10.6 Å². The van der Waals surface area contributed by atoms with E-state index in [2.05, 4.69) is 5.16 Å². The molecule has 8 heteroatoms. The molecule has 0 aliphatic rings. The van der Waals surface area contributed by atoms with Crippen molar-refractivity contribution < 1.29 is 18.8 Å². The number of furan rings is 1. The van der Waals surface area contributed by atoms with E-state index in [-0.39, 0.29) is 18.2 Å². The molecule has 0 fully saturated rings. The van der Waals surface area contributed by atoms with Gasteiger partial charge in [-0.2, -0.15) is 0 Å². The average molecular weight is 433 g/mol. The molecule has 0 saturated carbocycles. The highest BCUT2D eigenvalue weighted by Gasteiger charge is 2.15. The van der Waals surface area contributed by atoms with Crippen molar-refractivity contribution >= 4 is 35.0 Å². The van der Waals surface area contributed by atoms with Gasteiger partial charge in [-0.25, -0.2) is 4.79 Å². The molecule has 0 amide bonds. The fourth-order valence-electron chi connectivity index (χ4n) is 2.62. The summed E-state index contributed by atoms with van der Waals surface area (Å²) in [7, 11) is 0. The van der Waals surface area contributed by atoms with Gasteiger partial charge in [0.15, 0.2) is 5.84 Å². The summed E-state index contributed by atoms with van der Waals surface area (Å²) in [5.41, 5.74) is 8.24. The van der Waals surface area contributed by atoms with E-state index >= 15 is 0 Å². The molecule has 2 aromatic carbocycles. The van der Waals surface area contributed by atoms with E-state index in [0.29, 0.717) is 21.4 Å². The summed E-state index contributed by atoms with van der Waals surface area (Å²) < 4.78 is 11.3. The maximum absolute atomic E-state index is 12.1. The molecule has 0 aliphatic heterocycles. The van der Waals surface area contributed by atoms with Crippen LogP contribution in [0.3, 0.4) is 0 Å². The number of oxime groups is 1. The van der Waals surface area contributed by atoms with Gasteiger partial charge in [-0.15, -0.1) is 0 Å². The number of carbonyl (C=O) groups excluding carboxylic acids is 1. The van der Waals surface area contributed by atoms with Crippen molar-refractivity contribution in [3.05, 3.63) is 86.8 Å². The maximum atomic E-state index is 12.1. The predicted octanol–water partition coefficient (Wildman–Crippen LogP) is 5.26. The van der Waals surface area contributed by atoms with Crippen molar-refractivity contribution in [1.82, 2.24) is 0 Å². The molecule has 0 unspecified atom stereocenters. The molecular weight excluding hydrogens is 415 g/mol. The van der Waals surface area contributed by atoms with Crippen LogP contribution in [0, 0.1) is 13.8 Å². The number of halogens is 2. The topological polar surface area (TPSA) is 87.0 Å². The molecule has 1 aromatic heterocycles. The van der Waals surface area contributed by atoms with Crippen LogP contribution in [0.25, 0.3) is 0 Å². The van der Waals surface area contributed by atoms with E-state index < -0.39 is 5.97 Å². The van der Waals surface area contributed by atoms with Crippen LogP contribution in [-0.2, 0) is 11.4 Å². The third-order valence-electron chi connectivity index (χ3n) is 4.06. The summed E-state index contributed by atoms with van der Waals surface area (Å²) in [6, 6.07) is 13.7. The van der Waals surface area contributed by atoms with Gasteiger partial charge < -0.3 is 19.7 Å². The second-order valence-electron chi connectivity index (χ2n) is 6.26. The van der Waals surface area contributed by atoms with Crippen molar-refractivity contribution in [2.45, 2.75) is 20.5 Å². The predicted molar refractivity (Wildman–Crippen MR) is 112 cm³/mol. The Balaban J connectivity index is 1.63.